The molecule has 1 amide bonds. The first kappa shape index (κ1) is 17.8. The van der Waals surface area contributed by atoms with Crippen LogP contribution in [-0.4, -0.2) is 57.8 Å². The molecule has 6 heteroatoms. The van der Waals surface area contributed by atoms with E-state index in [4.69, 9.17) is 0 Å². The van der Waals surface area contributed by atoms with E-state index in [-0.39, 0.29) is 5.91 Å². The van der Waals surface area contributed by atoms with Crippen LogP contribution >= 0.6 is 11.8 Å². The predicted molar refractivity (Wildman–Crippen MR) is 99.7 cm³/mol. The zero-order valence-corrected chi connectivity index (χ0v) is 16.0. The van der Waals surface area contributed by atoms with Crippen molar-refractivity contribution in [2.75, 3.05) is 31.1 Å². The zero-order chi connectivity index (χ0) is 17.1. The Kier molecular flexibility index (Phi) is 5.87. The molecule has 1 atom stereocenters. The van der Waals surface area contributed by atoms with Gasteiger partial charge in [-0.05, 0) is 38.1 Å². The number of thioether (sulfide) groups is 1. The van der Waals surface area contributed by atoms with Crippen LogP contribution in [0.5, 0.6) is 0 Å². The minimum Gasteiger partial charge on any atom is -0.336 e. The smallest absolute Gasteiger partial charge is 0.274 e. The number of carbonyl (C=O) groups excluding carboxylic acids is 1. The first-order chi connectivity index (χ1) is 11.6. The van der Waals surface area contributed by atoms with E-state index in [0.29, 0.717) is 11.7 Å². The highest BCUT2D eigenvalue weighted by atomic mass is 32.2. The summed E-state index contributed by atoms with van der Waals surface area (Å²) in [5, 5.41) is 8.28. The number of aryl methyl sites for hydroxylation is 1. The SMILES string of the molecule is CC(C)CCNC1CCc2c(c(C(=O)N3CCSCC3)nn2C)C1. The number of carbonyl (C=O) groups is 1. The number of aromatic nitrogens is 2. The van der Waals surface area contributed by atoms with Crippen LogP contribution in [0.3, 0.4) is 0 Å². The molecule has 1 aliphatic carbocycles. The molecule has 0 spiro atoms. The number of nitrogens with one attached hydrogen (secondary N) is 1. The molecule has 134 valence electrons. The van der Waals surface area contributed by atoms with Crippen molar-refractivity contribution < 1.29 is 4.79 Å². The molecule has 1 aliphatic heterocycles. The molecule has 1 aromatic heterocycles. The van der Waals surface area contributed by atoms with Gasteiger partial charge in [-0.1, -0.05) is 13.8 Å². The number of hydrogen-bond acceptors (Lipinski definition) is 4. The predicted octanol–water partition coefficient (Wildman–Crippen LogP) is 2.10. The molecule has 24 heavy (non-hydrogen) atoms. The molecule has 0 aromatic carbocycles. The molecule has 1 fully saturated rings. The van der Waals surface area contributed by atoms with Crippen molar-refractivity contribution in [3.8, 4) is 0 Å². The van der Waals surface area contributed by atoms with Crippen molar-refractivity contribution in [2.24, 2.45) is 13.0 Å². The largest absolute Gasteiger partial charge is 0.336 e. The number of rotatable bonds is 5. The lowest BCUT2D eigenvalue weighted by atomic mass is 9.91. The van der Waals surface area contributed by atoms with Gasteiger partial charge in [0.05, 0.1) is 0 Å². The number of fused-ring (bicyclic) bond motifs is 1. The number of nitrogens with zero attached hydrogens (tertiary/aromatic N) is 3. The summed E-state index contributed by atoms with van der Waals surface area (Å²) in [5.74, 6) is 2.94. The lowest BCUT2D eigenvalue weighted by Crippen LogP contribution is -2.39. The van der Waals surface area contributed by atoms with E-state index in [1.54, 1.807) is 0 Å². The lowest BCUT2D eigenvalue weighted by molar-refractivity contribution is 0.0764. The Morgan fingerprint density at radius 3 is 2.83 bits per heavy atom. The third-order valence-corrected chi connectivity index (χ3v) is 6.05. The van der Waals surface area contributed by atoms with Gasteiger partial charge >= 0.3 is 0 Å². The summed E-state index contributed by atoms with van der Waals surface area (Å²) < 4.78 is 1.94. The van der Waals surface area contributed by atoms with E-state index in [1.807, 2.05) is 28.4 Å². The maximum Gasteiger partial charge on any atom is 0.274 e. The van der Waals surface area contributed by atoms with E-state index in [2.05, 4.69) is 24.3 Å². The molecule has 1 N–H and O–H groups in total. The van der Waals surface area contributed by atoms with E-state index in [0.717, 1.165) is 56.3 Å². The van der Waals surface area contributed by atoms with Crippen LogP contribution in [0.25, 0.3) is 0 Å². The van der Waals surface area contributed by atoms with Crippen molar-refractivity contribution >= 4 is 17.7 Å². The molecule has 2 heterocycles. The van der Waals surface area contributed by atoms with Gasteiger partial charge in [0, 0.05) is 48.9 Å². The first-order valence-electron chi connectivity index (χ1n) is 9.21. The van der Waals surface area contributed by atoms with Gasteiger partial charge in [0.2, 0.25) is 0 Å². The quantitative estimate of drug-likeness (QED) is 0.884. The van der Waals surface area contributed by atoms with Crippen LogP contribution in [0.15, 0.2) is 0 Å². The second-order valence-electron chi connectivity index (χ2n) is 7.38. The maximum atomic E-state index is 12.9. The van der Waals surface area contributed by atoms with Crippen LogP contribution < -0.4 is 5.32 Å². The summed E-state index contributed by atoms with van der Waals surface area (Å²) in [6.07, 6.45) is 4.29. The first-order valence-corrected chi connectivity index (χ1v) is 10.4. The van der Waals surface area contributed by atoms with E-state index < -0.39 is 0 Å². The van der Waals surface area contributed by atoms with Gasteiger partial charge in [-0.3, -0.25) is 9.48 Å². The monoisotopic (exact) mass is 350 g/mol. The van der Waals surface area contributed by atoms with Crippen LogP contribution in [0.4, 0.5) is 0 Å². The van der Waals surface area contributed by atoms with Gasteiger partial charge in [0.25, 0.3) is 5.91 Å². The second kappa shape index (κ2) is 7.91. The molecule has 5 nitrogen and oxygen atoms in total. The normalized spacial score (nSPS) is 21.2. The highest BCUT2D eigenvalue weighted by Gasteiger charge is 2.30. The molecule has 0 bridgehead atoms. The fraction of sp³-hybridized carbons (Fsp3) is 0.778. The van der Waals surface area contributed by atoms with Gasteiger partial charge < -0.3 is 10.2 Å². The van der Waals surface area contributed by atoms with Crippen molar-refractivity contribution in [3.05, 3.63) is 17.0 Å². The fourth-order valence-electron chi connectivity index (χ4n) is 3.63. The van der Waals surface area contributed by atoms with Crippen LogP contribution in [-0.2, 0) is 19.9 Å². The maximum absolute atomic E-state index is 12.9. The third kappa shape index (κ3) is 3.97. The van der Waals surface area contributed by atoms with Crippen molar-refractivity contribution in [1.29, 1.82) is 0 Å². The van der Waals surface area contributed by atoms with Crippen LogP contribution in [0.1, 0.15) is 48.4 Å². The molecular weight excluding hydrogens is 320 g/mol. The summed E-state index contributed by atoms with van der Waals surface area (Å²) >= 11 is 1.93. The zero-order valence-electron chi connectivity index (χ0n) is 15.2. The molecule has 1 saturated heterocycles. The van der Waals surface area contributed by atoms with Gasteiger partial charge in [0.15, 0.2) is 5.69 Å². The minimum absolute atomic E-state index is 0.134. The molecule has 0 radical (unpaired) electrons. The summed E-state index contributed by atoms with van der Waals surface area (Å²) in [5.41, 5.74) is 3.15. The Morgan fingerprint density at radius 2 is 2.12 bits per heavy atom. The summed E-state index contributed by atoms with van der Waals surface area (Å²) in [4.78, 5) is 14.9. The summed E-state index contributed by atoms with van der Waals surface area (Å²) in [6.45, 7) is 7.28. The molecular formula is C18H30N4OS. The van der Waals surface area contributed by atoms with Crippen molar-refractivity contribution in [1.82, 2.24) is 20.0 Å². The standard InChI is InChI=1S/C18H30N4OS/c1-13(2)6-7-19-14-4-5-16-15(12-14)17(20-21(16)3)18(23)22-8-10-24-11-9-22/h13-14,19H,4-12H2,1-3H3. The minimum atomic E-state index is 0.134. The Bertz CT molecular complexity index is 578. The van der Waals surface area contributed by atoms with Crippen molar-refractivity contribution in [3.63, 3.8) is 0 Å². The number of amides is 1. The summed E-state index contributed by atoms with van der Waals surface area (Å²) in [7, 11) is 1.98. The molecule has 3 rings (SSSR count). The van der Waals surface area contributed by atoms with Crippen LogP contribution in [0.2, 0.25) is 0 Å². The Balaban J connectivity index is 1.70. The third-order valence-electron chi connectivity index (χ3n) is 5.11. The molecule has 1 unspecified atom stereocenters. The second-order valence-corrected chi connectivity index (χ2v) is 8.60. The van der Waals surface area contributed by atoms with Crippen LogP contribution in [0, 0.1) is 5.92 Å². The average molecular weight is 351 g/mol. The fourth-order valence-corrected chi connectivity index (χ4v) is 4.53. The van der Waals surface area contributed by atoms with Gasteiger partial charge in [-0.25, -0.2) is 0 Å². The number of hydrogen-bond donors (Lipinski definition) is 1. The molecule has 2 aliphatic rings. The van der Waals surface area contributed by atoms with E-state index >= 15 is 0 Å². The topological polar surface area (TPSA) is 50.2 Å². The summed E-state index contributed by atoms with van der Waals surface area (Å²) in [6, 6.07) is 0.476. The molecule has 1 aromatic rings. The Labute approximate surface area is 149 Å². The molecule has 0 saturated carbocycles. The van der Waals surface area contributed by atoms with Gasteiger partial charge in [-0.2, -0.15) is 16.9 Å². The van der Waals surface area contributed by atoms with Gasteiger partial charge in [-0.15, -0.1) is 0 Å². The van der Waals surface area contributed by atoms with Gasteiger partial charge in [0.1, 0.15) is 0 Å². The van der Waals surface area contributed by atoms with E-state index in [1.165, 1.54) is 17.7 Å². The lowest BCUT2D eigenvalue weighted by Gasteiger charge is -2.27. The Morgan fingerprint density at radius 1 is 1.38 bits per heavy atom. The van der Waals surface area contributed by atoms with E-state index in [9.17, 15) is 4.79 Å². The van der Waals surface area contributed by atoms with Crippen molar-refractivity contribution in [2.45, 2.75) is 45.6 Å². The average Bonchev–Trinajstić information content (AvgIpc) is 2.91. The Hall–Kier alpha value is -1.01. The highest BCUT2D eigenvalue weighted by molar-refractivity contribution is 7.99. The highest BCUT2D eigenvalue weighted by Crippen LogP contribution is 2.26.